The highest BCUT2D eigenvalue weighted by molar-refractivity contribution is 6.08. The number of amides is 4. The molecular weight excluding hydrogens is 382 g/mol. The first-order valence-corrected chi connectivity index (χ1v) is 9.92. The van der Waals surface area contributed by atoms with Gasteiger partial charge < -0.3 is 10.1 Å². The Hall–Kier alpha value is -3.35. The lowest BCUT2D eigenvalue weighted by Gasteiger charge is -2.25. The first-order chi connectivity index (χ1) is 14.2. The summed E-state index contributed by atoms with van der Waals surface area (Å²) in [6.45, 7) is 7.82. The second kappa shape index (κ2) is 8.18. The molecule has 0 spiro atoms. The molecule has 0 aromatic heterocycles. The van der Waals surface area contributed by atoms with E-state index in [4.69, 9.17) is 4.74 Å². The summed E-state index contributed by atoms with van der Waals surface area (Å²) in [5.74, 6) is -0.593. The van der Waals surface area contributed by atoms with Crippen molar-refractivity contribution in [1.29, 1.82) is 0 Å². The molecule has 1 fully saturated rings. The maximum atomic E-state index is 13.0. The van der Waals surface area contributed by atoms with Crippen molar-refractivity contribution in [1.82, 2.24) is 15.8 Å². The Bertz CT molecular complexity index is 935. The summed E-state index contributed by atoms with van der Waals surface area (Å²) < 4.78 is 5.50. The third-order valence-electron chi connectivity index (χ3n) is 5.22. The average Bonchev–Trinajstić information content (AvgIpc) is 2.97. The van der Waals surface area contributed by atoms with Crippen LogP contribution in [0.25, 0.3) is 0 Å². The smallest absolute Gasteiger partial charge is 0.344 e. The van der Waals surface area contributed by atoms with Crippen molar-refractivity contribution in [3.05, 3.63) is 65.7 Å². The van der Waals surface area contributed by atoms with Crippen LogP contribution in [-0.2, 0) is 20.5 Å². The lowest BCUT2D eigenvalue weighted by molar-refractivity contribution is -0.140. The van der Waals surface area contributed by atoms with Gasteiger partial charge in [0.05, 0.1) is 0 Å². The predicted octanol–water partition coefficient (Wildman–Crippen LogP) is 3.25. The Kier molecular flexibility index (Phi) is 5.82. The molecule has 1 aliphatic rings. The maximum Gasteiger partial charge on any atom is 0.344 e. The van der Waals surface area contributed by atoms with Crippen molar-refractivity contribution in [2.75, 3.05) is 6.61 Å². The Morgan fingerprint density at radius 2 is 1.70 bits per heavy atom. The number of hydrogen-bond acceptors (Lipinski definition) is 4. The minimum Gasteiger partial charge on any atom is -0.484 e. The molecule has 0 radical (unpaired) electrons. The highest BCUT2D eigenvalue weighted by atomic mass is 16.5. The second-order valence-corrected chi connectivity index (χ2v) is 8.29. The van der Waals surface area contributed by atoms with Crippen LogP contribution in [0.1, 0.15) is 45.2 Å². The number of imide groups is 1. The van der Waals surface area contributed by atoms with Gasteiger partial charge in [-0.2, -0.15) is 5.01 Å². The van der Waals surface area contributed by atoms with Crippen molar-refractivity contribution >= 4 is 17.8 Å². The molecule has 2 N–H and O–H groups in total. The van der Waals surface area contributed by atoms with Crippen LogP contribution in [0, 0.1) is 0 Å². The number of hydrogen-bond donors (Lipinski definition) is 2. The first-order valence-electron chi connectivity index (χ1n) is 9.92. The molecule has 158 valence electrons. The van der Waals surface area contributed by atoms with Gasteiger partial charge in [-0.3, -0.25) is 15.0 Å². The second-order valence-electron chi connectivity index (χ2n) is 8.29. The van der Waals surface area contributed by atoms with E-state index in [0.717, 1.165) is 10.6 Å². The summed E-state index contributed by atoms with van der Waals surface area (Å²) in [6.07, 6.45) is 0.352. The van der Waals surface area contributed by atoms with Gasteiger partial charge in [-0.05, 0) is 35.1 Å². The molecular formula is C23H27N3O4. The van der Waals surface area contributed by atoms with E-state index in [-0.39, 0.29) is 12.0 Å². The van der Waals surface area contributed by atoms with Crippen LogP contribution in [0.2, 0.25) is 0 Å². The summed E-state index contributed by atoms with van der Waals surface area (Å²) >= 11 is 0. The summed E-state index contributed by atoms with van der Waals surface area (Å²) in [4.78, 5) is 37.7. The minimum absolute atomic E-state index is 0.0178. The predicted molar refractivity (Wildman–Crippen MR) is 113 cm³/mol. The third kappa shape index (κ3) is 4.15. The summed E-state index contributed by atoms with van der Waals surface area (Å²) in [5, 5.41) is 3.44. The molecule has 0 bridgehead atoms. The monoisotopic (exact) mass is 409 g/mol. The third-order valence-corrected chi connectivity index (χ3v) is 5.22. The summed E-state index contributed by atoms with van der Waals surface area (Å²) in [5.41, 5.74) is 2.98. The van der Waals surface area contributed by atoms with Gasteiger partial charge in [0.2, 0.25) is 0 Å². The number of ether oxygens (including phenoxy) is 1. The molecule has 3 rings (SSSR count). The highest BCUT2D eigenvalue weighted by Gasteiger charge is 2.52. The van der Waals surface area contributed by atoms with E-state index in [9.17, 15) is 14.4 Å². The van der Waals surface area contributed by atoms with E-state index in [1.807, 2.05) is 18.2 Å². The zero-order valence-corrected chi connectivity index (χ0v) is 17.7. The molecule has 2 aromatic rings. The van der Waals surface area contributed by atoms with E-state index in [1.165, 1.54) is 0 Å². The van der Waals surface area contributed by atoms with E-state index < -0.39 is 23.4 Å². The van der Waals surface area contributed by atoms with Crippen molar-refractivity contribution in [2.45, 2.75) is 45.1 Å². The van der Waals surface area contributed by atoms with Crippen LogP contribution >= 0.6 is 0 Å². The molecule has 30 heavy (non-hydrogen) atoms. The van der Waals surface area contributed by atoms with Crippen LogP contribution in [-0.4, -0.2) is 29.5 Å². The van der Waals surface area contributed by atoms with E-state index in [0.29, 0.717) is 17.7 Å². The molecule has 0 aliphatic carbocycles. The van der Waals surface area contributed by atoms with Gasteiger partial charge in [-0.25, -0.2) is 4.79 Å². The minimum atomic E-state index is -1.20. The number of carbonyl (C=O) groups is 3. The topological polar surface area (TPSA) is 87.7 Å². The molecule has 7 nitrogen and oxygen atoms in total. The van der Waals surface area contributed by atoms with Crippen LogP contribution < -0.4 is 15.5 Å². The molecule has 2 aromatic carbocycles. The molecule has 4 amide bonds. The maximum absolute atomic E-state index is 13.0. The Labute approximate surface area is 176 Å². The Morgan fingerprint density at radius 1 is 1.07 bits per heavy atom. The summed E-state index contributed by atoms with van der Waals surface area (Å²) in [6, 6.07) is 15.8. The number of urea groups is 1. The van der Waals surface area contributed by atoms with Crippen LogP contribution in [0.5, 0.6) is 5.75 Å². The Morgan fingerprint density at radius 3 is 2.27 bits per heavy atom. The Balaban J connectivity index is 1.64. The van der Waals surface area contributed by atoms with E-state index in [2.05, 4.69) is 31.5 Å². The van der Waals surface area contributed by atoms with Gasteiger partial charge >= 0.3 is 6.03 Å². The SMILES string of the molecule is CC[C@]1(c2ccccc2)NC(=O)N(NC(=O)COc2ccc(C(C)(C)C)cc2)C1=O. The van der Waals surface area contributed by atoms with Crippen molar-refractivity contribution < 1.29 is 19.1 Å². The number of nitrogens with one attached hydrogen (secondary N) is 2. The lowest BCUT2D eigenvalue weighted by atomic mass is 9.87. The standard InChI is InChI=1S/C23H27N3O4/c1-5-23(17-9-7-6-8-10-17)20(28)26(21(29)24-23)25-19(27)15-30-18-13-11-16(12-14-18)22(2,3)4/h6-14H,5,15H2,1-4H3,(H,24,29)(H,25,27)/t23-/m1/s1. The zero-order valence-electron chi connectivity index (χ0n) is 17.7. The number of rotatable bonds is 6. The molecule has 7 heteroatoms. The van der Waals surface area contributed by atoms with Gasteiger partial charge in [0.15, 0.2) is 6.61 Å². The van der Waals surface area contributed by atoms with Gasteiger partial charge in [-0.1, -0.05) is 70.2 Å². The molecule has 0 unspecified atom stereocenters. The average molecular weight is 409 g/mol. The van der Waals surface area contributed by atoms with Gasteiger partial charge in [0.1, 0.15) is 11.3 Å². The molecule has 1 aliphatic heterocycles. The molecule has 0 saturated carbocycles. The normalized spacial score (nSPS) is 18.9. The van der Waals surface area contributed by atoms with Crippen LogP contribution in [0.3, 0.4) is 0 Å². The number of nitrogens with zero attached hydrogens (tertiary/aromatic N) is 1. The van der Waals surface area contributed by atoms with Crippen molar-refractivity contribution in [3.63, 3.8) is 0 Å². The number of hydrazine groups is 1. The van der Waals surface area contributed by atoms with Crippen molar-refractivity contribution in [3.8, 4) is 5.75 Å². The zero-order chi connectivity index (χ0) is 21.9. The van der Waals surface area contributed by atoms with Crippen LogP contribution in [0.15, 0.2) is 54.6 Å². The highest BCUT2D eigenvalue weighted by Crippen LogP contribution is 2.31. The number of benzene rings is 2. The van der Waals surface area contributed by atoms with E-state index in [1.54, 1.807) is 43.3 Å². The van der Waals surface area contributed by atoms with Gasteiger partial charge in [0.25, 0.3) is 11.8 Å². The number of carbonyl (C=O) groups excluding carboxylic acids is 3. The van der Waals surface area contributed by atoms with Crippen molar-refractivity contribution in [2.24, 2.45) is 0 Å². The lowest BCUT2D eigenvalue weighted by Crippen LogP contribution is -2.49. The summed E-state index contributed by atoms with van der Waals surface area (Å²) in [7, 11) is 0. The van der Waals surface area contributed by atoms with Crippen LogP contribution in [0.4, 0.5) is 4.79 Å². The fourth-order valence-electron chi connectivity index (χ4n) is 3.40. The van der Waals surface area contributed by atoms with Gasteiger partial charge in [0, 0.05) is 0 Å². The first kappa shape index (κ1) is 21.4. The fraction of sp³-hybridized carbons (Fsp3) is 0.348. The molecule has 1 atom stereocenters. The quantitative estimate of drug-likeness (QED) is 0.717. The molecule has 1 saturated heterocycles. The molecule has 1 heterocycles. The van der Waals surface area contributed by atoms with E-state index >= 15 is 0 Å². The largest absolute Gasteiger partial charge is 0.484 e. The fourth-order valence-corrected chi connectivity index (χ4v) is 3.40. The van der Waals surface area contributed by atoms with Gasteiger partial charge in [-0.15, -0.1) is 0 Å².